The molecule has 5 nitrogen and oxygen atoms in total. The van der Waals surface area contributed by atoms with E-state index in [2.05, 4.69) is 23.1 Å². The van der Waals surface area contributed by atoms with E-state index in [4.69, 9.17) is 9.15 Å². The number of carbonyl (C=O) groups excluding carboxylic acids is 1. The predicted molar refractivity (Wildman–Crippen MR) is 141 cm³/mol. The summed E-state index contributed by atoms with van der Waals surface area (Å²) in [6.45, 7) is 3.46. The Morgan fingerprint density at radius 2 is 1.86 bits per heavy atom. The van der Waals surface area contributed by atoms with Crippen LogP contribution < -0.4 is 4.74 Å². The van der Waals surface area contributed by atoms with Gasteiger partial charge in [0.2, 0.25) is 0 Å². The lowest BCUT2D eigenvalue weighted by atomic mass is 9.87. The summed E-state index contributed by atoms with van der Waals surface area (Å²) >= 11 is 0. The predicted octanol–water partition coefficient (Wildman–Crippen LogP) is 5.99. The molecule has 1 aliphatic rings. The fourth-order valence-electron chi connectivity index (χ4n) is 5.04. The summed E-state index contributed by atoms with van der Waals surface area (Å²) in [6, 6.07) is 26.9. The van der Waals surface area contributed by atoms with Crippen LogP contribution in [0.2, 0.25) is 0 Å². The van der Waals surface area contributed by atoms with Crippen molar-refractivity contribution >= 4 is 5.91 Å². The molecular weight excluding hydrogens is 467 g/mol. The molecule has 190 valence electrons. The number of ether oxygens (including phenoxy) is 1. The summed E-state index contributed by atoms with van der Waals surface area (Å²) in [4.78, 5) is 16.9. The molecule has 37 heavy (non-hydrogen) atoms. The van der Waals surface area contributed by atoms with Gasteiger partial charge >= 0.3 is 0 Å². The quantitative estimate of drug-likeness (QED) is 0.299. The molecular formula is C31H31FN2O3. The molecule has 6 heteroatoms. The van der Waals surface area contributed by atoms with Gasteiger partial charge in [-0.3, -0.25) is 9.69 Å². The molecule has 0 spiro atoms. The molecule has 0 N–H and O–H groups in total. The summed E-state index contributed by atoms with van der Waals surface area (Å²) < 4.78 is 26.1. The number of likely N-dealkylation sites (N-methyl/N-ethyl adjacent to an activating group) is 1. The molecule has 1 aliphatic heterocycles. The highest BCUT2D eigenvalue weighted by atomic mass is 19.1. The average molecular weight is 499 g/mol. The summed E-state index contributed by atoms with van der Waals surface area (Å²) in [7, 11) is 1.74. The number of carbonyl (C=O) groups is 1. The van der Waals surface area contributed by atoms with Crippen molar-refractivity contribution in [3.05, 3.63) is 125 Å². The molecule has 4 aromatic rings. The second kappa shape index (κ2) is 11.0. The van der Waals surface area contributed by atoms with Crippen LogP contribution in [0.3, 0.4) is 0 Å². The van der Waals surface area contributed by atoms with E-state index in [0.29, 0.717) is 24.4 Å². The van der Waals surface area contributed by atoms with E-state index in [1.165, 1.54) is 11.6 Å². The van der Waals surface area contributed by atoms with E-state index in [-0.39, 0.29) is 17.8 Å². The van der Waals surface area contributed by atoms with Crippen LogP contribution in [-0.2, 0) is 24.3 Å². The maximum atomic E-state index is 14.5. The summed E-state index contributed by atoms with van der Waals surface area (Å²) in [5, 5.41) is 0. The number of fused-ring (bicyclic) bond motifs is 1. The van der Waals surface area contributed by atoms with E-state index in [1.54, 1.807) is 37.3 Å². The maximum absolute atomic E-state index is 14.5. The highest BCUT2D eigenvalue weighted by Gasteiger charge is 2.30. The topological polar surface area (TPSA) is 45.9 Å². The zero-order valence-electron chi connectivity index (χ0n) is 21.1. The second-order valence-corrected chi connectivity index (χ2v) is 9.52. The standard InChI is InChI=1S/C31H31FN2O3/c1-22(31(35)33(2)21-27-12-8-18-36-27)37-26-15-14-23-16-17-34(20-25-11-6-7-13-29(25)32)30(28(23)19-26)24-9-4-3-5-10-24/h3-15,18-19,22,30H,16-17,20-21H2,1-2H3/t22-,30+/m0/s1. The molecule has 5 rings (SSSR count). The molecule has 0 saturated heterocycles. The van der Waals surface area contributed by atoms with Crippen LogP contribution >= 0.6 is 0 Å². The molecule has 1 amide bonds. The van der Waals surface area contributed by atoms with Gasteiger partial charge in [-0.1, -0.05) is 54.6 Å². The Hall–Kier alpha value is -3.90. The molecule has 0 fully saturated rings. The maximum Gasteiger partial charge on any atom is 0.263 e. The molecule has 0 radical (unpaired) electrons. The van der Waals surface area contributed by atoms with Crippen LogP contribution in [0, 0.1) is 5.82 Å². The monoisotopic (exact) mass is 498 g/mol. The van der Waals surface area contributed by atoms with Gasteiger partial charge in [0.25, 0.3) is 5.91 Å². The lowest BCUT2D eigenvalue weighted by Crippen LogP contribution is -2.38. The molecule has 2 heterocycles. The Kier molecular flexibility index (Phi) is 7.37. The van der Waals surface area contributed by atoms with Gasteiger partial charge in [-0.2, -0.15) is 0 Å². The number of furan rings is 1. The third kappa shape index (κ3) is 5.59. The number of rotatable bonds is 8. The summed E-state index contributed by atoms with van der Waals surface area (Å²) in [5.74, 6) is 1.04. The van der Waals surface area contributed by atoms with E-state index >= 15 is 0 Å². The van der Waals surface area contributed by atoms with Gasteiger partial charge in [-0.05, 0) is 60.4 Å². The summed E-state index contributed by atoms with van der Waals surface area (Å²) in [5.41, 5.74) is 4.17. The lowest BCUT2D eigenvalue weighted by molar-refractivity contribution is -0.137. The number of halogens is 1. The van der Waals surface area contributed by atoms with Crippen molar-refractivity contribution in [2.45, 2.75) is 38.6 Å². The molecule has 0 unspecified atom stereocenters. The molecule has 1 aromatic heterocycles. The first kappa shape index (κ1) is 24.8. The number of hydrogen-bond acceptors (Lipinski definition) is 4. The first-order chi connectivity index (χ1) is 18.0. The molecule has 0 aliphatic carbocycles. The Morgan fingerprint density at radius 1 is 1.08 bits per heavy atom. The van der Waals surface area contributed by atoms with Gasteiger partial charge in [-0.25, -0.2) is 4.39 Å². The van der Waals surface area contributed by atoms with Crippen molar-refractivity contribution in [1.82, 2.24) is 9.80 Å². The van der Waals surface area contributed by atoms with Gasteiger partial charge in [0, 0.05) is 25.7 Å². The van der Waals surface area contributed by atoms with Gasteiger partial charge < -0.3 is 14.1 Å². The average Bonchev–Trinajstić information content (AvgIpc) is 3.43. The molecule has 0 saturated carbocycles. The van der Waals surface area contributed by atoms with Crippen LogP contribution in [0.1, 0.15) is 41.0 Å². The third-order valence-corrected chi connectivity index (χ3v) is 6.90. The third-order valence-electron chi connectivity index (χ3n) is 6.90. The van der Waals surface area contributed by atoms with Crippen LogP contribution in [0.15, 0.2) is 95.6 Å². The largest absolute Gasteiger partial charge is 0.481 e. The van der Waals surface area contributed by atoms with Crippen LogP contribution in [0.5, 0.6) is 5.75 Å². The van der Waals surface area contributed by atoms with Gasteiger partial charge in [-0.15, -0.1) is 0 Å². The number of nitrogens with zero attached hydrogens (tertiary/aromatic N) is 2. The van der Waals surface area contributed by atoms with E-state index in [0.717, 1.165) is 29.9 Å². The Bertz CT molecular complexity index is 1340. The van der Waals surface area contributed by atoms with Gasteiger partial charge in [0.1, 0.15) is 17.3 Å². The van der Waals surface area contributed by atoms with Crippen LogP contribution in [0.25, 0.3) is 0 Å². The second-order valence-electron chi connectivity index (χ2n) is 9.52. The summed E-state index contributed by atoms with van der Waals surface area (Å²) in [6.07, 6.45) is 1.79. The van der Waals surface area contributed by atoms with E-state index in [1.807, 2.05) is 48.5 Å². The Morgan fingerprint density at radius 3 is 2.62 bits per heavy atom. The van der Waals surface area contributed by atoms with E-state index < -0.39 is 6.10 Å². The minimum absolute atomic E-state index is 0.0549. The zero-order valence-corrected chi connectivity index (χ0v) is 21.1. The minimum Gasteiger partial charge on any atom is -0.481 e. The van der Waals surface area contributed by atoms with Crippen LogP contribution in [0.4, 0.5) is 4.39 Å². The first-order valence-electron chi connectivity index (χ1n) is 12.6. The Labute approximate surface area is 217 Å². The smallest absolute Gasteiger partial charge is 0.263 e. The van der Waals surface area contributed by atoms with Gasteiger partial charge in [0.05, 0.1) is 18.8 Å². The number of hydrogen-bond donors (Lipinski definition) is 0. The fourth-order valence-corrected chi connectivity index (χ4v) is 5.04. The highest BCUT2D eigenvalue weighted by molar-refractivity contribution is 5.80. The van der Waals surface area contributed by atoms with Crippen molar-refractivity contribution in [3.8, 4) is 5.75 Å². The van der Waals surface area contributed by atoms with Crippen molar-refractivity contribution in [3.63, 3.8) is 0 Å². The van der Waals surface area contributed by atoms with E-state index in [9.17, 15) is 9.18 Å². The van der Waals surface area contributed by atoms with Gasteiger partial charge in [0.15, 0.2) is 6.10 Å². The van der Waals surface area contributed by atoms with Crippen molar-refractivity contribution in [2.75, 3.05) is 13.6 Å². The normalized spacial score (nSPS) is 16.1. The number of benzene rings is 3. The van der Waals surface area contributed by atoms with Crippen molar-refractivity contribution in [1.29, 1.82) is 0 Å². The SMILES string of the molecule is C[C@H](Oc1ccc2c(c1)[C@@H](c1ccccc1)N(Cc1ccccc1F)CC2)C(=O)N(C)Cc1ccco1. The Balaban J connectivity index is 1.40. The molecule has 3 aromatic carbocycles. The van der Waals surface area contributed by atoms with Crippen molar-refractivity contribution in [2.24, 2.45) is 0 Å². The minimum atomic E-state index is -0.661. The highest BCUT2D eigenvalue weighted by Crippen LogP contribution is 2.38. The van der Waals surface area contributed by atoms with Crippen LogP contribution in [-0.4, -0.2) is 35.4 Å². The fraction of sp³-hybridized carbons (Fsp3) is 0.258. The molecule has 2 atom stereocenters. The van der Waals surface area contributed by atoms with Crippen molar-refractivity contribution < 1.29 is 18.3 Å². The molecule has 0 bridgehead atoms. The lowest BCUT2D eigenvalue weighted by Gasteiger charge is -2.38. The zero-order chi connectivity index (χ0) is 25.8. The first-order valence-corrected chi connectivity index (χ1v) is 12.6. The number of amides is 1.